The lowest BCUT2D eigenvalue weighted by Crippen LogP contribution is -2.51. The number of carbonyl (C=O) groups excluding carboxylic acids is 2. The van der Waals surface area contributed by atoms with Crippen LogP contribution in [-0.2, 0) is 9.59 Å². The maximum Gasteiger partial charge on any atom is 0.406 e. The van der Waals surface area contributed by atoms with Gasteiger partial charge in [0.05, 0.1) is 22.6 Å². The van der Waals surface area contributed by atoms with Crippen LogP contribution in [0.15, 0.2) is 18.2 Å². The Bertz CT molecular complexity index is 700. The summed E-state index contributed by atoms with van der Waals surface area (Å²) in [5, 5.41) is 3.37. The number of halogens is 5. The fourth-order valence-corrected chi connectivity index (χ4v) is 3.23. The Labute approximate surface area is 165 Å². The monoisotopic (exact) mass is 425 g/mol. The molecule has 2 rings (SSSR count). The zero-order chi connectivity index (χ0) is 20.2. The molecule has 0 aromatic heterocycles. The van der Waals surface area contributed by atoms with E-state index in [1.807, 2.05) is 0 Å². The number of nitrogens with one attached hydrogen (secondary N) is 1. The van der Waals surface area contributed by atoms with Gasteiger partial charge in [-0.15, -0.1) is 0 Å². The SMILES string of the molecule is CN(CC(F)(F)F)C(=O)CN1CCCCC1C(=O)Nc1ccc(Cl)c(Cl)c1. The normalized spacial score (nSPS) is 18.2. The smallest absolute Gasteiger partial charge is 0.336 e. The van der Waals surface area contributed by atoms with Gasteiger partial charge in [0, 0.05) is 12.7 Å². The van der Waals surface area contributed by atoms with Crippen molar-refractivity contribution < 1.29 is 22.8 Å². The van der Waals surface area contributed by atoms with Gasteiger partial charge in [0.2, 0.25) is 11.8 Å². The van der Waals surface area contributed by atoms with E-state index in [0.29, 0.717) is 33.6 Å². The molecule has 1 atom stereocenters. The molecular weight excluding hydrogens is 406 g/mol. The number of hydrogen-bond acceptors (Lipinski definition) is 3. The van der Waals surface area contributed by atoms with E-state index in [4.69, 9.17) is 23.2 Å². The lowest BCUT2D eigenvalue weighted by atomic mass is 10.0. The Kier molecular flexibility index (Phi) is 7.36. The highest BCUT2D eigenvalue weighted by atomic mass is 35.5. The Morgan fingerprint density at radius 1 is 1.26 bits per heavy atom. The van der Waals surface area contributed by atoms with E-state index in [2.05, 4.69) is 5.32 Å². The minimum absolute atomic E-state index is 0.244. The largest absolute Gasteiger partial charge is 0.406 e. The van der Waals surface area contributed by atoms with E-state index in [9.17, 15) is 22.8 Å². The third-order valence-corrected chi connectivity index (χ3v) is 5.02. The van der Waals surface area contributed by atoms with Crippen molar-refractivity contribution in [2.24, 2.45) is 0 Å². The molecule has 0 bridgehead atoms. The van der Waals surface area contributed by atoms with Gasteiger partial charge in [0.15, 0.2) is 0 Å². The zero-order valence-corrected chi connectivity index (χ0v) is 16.2. The third kappa shape index (κ3) is 6.55. The first-order chi connectivity index (χ1) is 12.6. The Balaban J connectivity index is 2.02. The highest BCUT2D eigenvalue weighted by Crippen LogP contribution is 2.26. The molecule has 1 N–H and O–H groups in total. The first-order valence-electron chi connectivity index (χ1n) is 8.37. The molecule has 2 amide bonds. The number of piperidine rings is 1. The lowest BCUT2D eigenvalue weighted by Gasteiger charge is -2.35. The van der Waals surface area contributed by atoms with Crippen molar-refractivity contribution in [1.82, 2.24) is 9.80 Å². The molecule has 1 unspecified atom stereocenters. The minimum atomic E-state index is -4.46. The molecule has 1 saturated heterocycles. The molecule has 5 nitrogen and oxygen atoms in total. The van der Waals surface area contributed by atoms with Crippen LogP contribution in [-0.4, -0.2) is 60.5 Å². The average molecular weight is 426 g/mol. The van der Waals surface area contributed by atoms with Crippen LogP contribution in [0.25, 0.3) is 0 Å². The number of likely N-dealkylation sites (tertiary alicyclic amines) is 1. The molecule has 0 spiro atoms. The number of amides is 2. The van der Waals surface area contributed by atoms with E-state index >= 15 is 0 Å². The van der Waals surface area contributed by atoms with Gasteiger partial charge in [-0.05, 0) is 37.6 Å². The van der Waals surface area contributed by atoms with Gasteiger partial charge in [-0.2, -0.15) is 13.2 Å². The number of nitrogens with zero attached hydrogens (tertiary/aromatic N) is 2. The van der Waals surface area contributed by atoms with E-state index < -0.39 is 24.7 Å². The van der Waals surface area contributed by atoms with Gasteiger partial charge in [0.1, 0.15) is 6.54 Å². The van der Waals surface area contributed by atoms with Crippen LogP contribution in [0.2, 0.25) is 10.0 Å². The van der Waals surface area contributed by atoms with E-state index in [1.54, 1.807) is 17.0 Å². The van der Waals surface area contributed by atoms with Gasteiger partial charge in [-0.25, -0.2) is 0 Å². The quantitative estimate of drug-likeness (QED) is 0.780. The topological polar surface area (TPSA) is 52.7 Å². The molecule has 1 fully saturated rings. The third-order valence-electron chi connectivity index (χ3n) is 4.28. The number of benzene rings is 1. The van der Waals surface area contributed by atoms with E-state index in [0.717, 1.165) is 19.9 Å². The highest BCUT2D eigenvalue weighted by molar-refractivity contribution is 6.42. The fourth-order valence-electron chi connectivity index (χ4n) is 2.93. The summed E-state index contributed by atoms with van der Waals surface area (Å²) in [7, 11) is 1.10. The summed E-state index contributed by atoms with van der Waals surface area (Å²) in [6.45, 7) is -1.10. The molecule has 1 aromatic carbocycles. The van der Waals surface area contributed by atoms with Gasteiger partial charge < -0.3 is 10.2 Å². The predicted molar refractivity (Wildman–Crippen MR) is 98.0 cm³/mol. The van der Waals surface area contributed by atoms with E-state index in [-0.39, 0.29) is 12.5 Å². The van der Waals surface area contributed by atoms with E-state index in [1.165, 1.54) is 6.07 Å². The maximum atomic E-state index is 12.6. The summed E-state index contributed by atoms with van der Waals surface area (Å²) in [4.78, 5) is 27.0. The second kappa shape index (κ2) is 9.12. The van der Waals surface area contributed by atoms with Gasteiger partial charge in [0.25, 0.3) is 0 Å². The van der Waals surface area contributed by atoms with Crippen molar-refractivity contribution in [3.05, 3.63) is 28.2 Å². The van der Waals surface area contributed by atoms with Crippen LogP contribution >= 0.6 is 23.2 Å². The molecule has 1 aliphatic rings. The number of rotatable bonds is 5. The Morgan fingerprint density at radius 3 is 2.59 bits per heavy atom. The van der Waals surface area contributed by atoms with Crippen molar-refractivity contribution in [3.63, 3.8) is 0 Å². The summed E-state index contributed by atoms with van der Waals surface area (Å²) >= 11 is 11.8. The van der Waals surface area contributed by atoms with Gasteiger partial charge in [-0.3, -0.25) is 14.5 Å². The Hall–Kier alpha value is -1.51. The molecule has 10 heteroatoms. The molecule has 0 saturated carbocycles. The highest BCUT2D eigenvalue weighted by Gasteiger charge is 2.34. The number of likely N-dealkylation sites (N-methyl/N-ethyl adjacent to an activating group) is 1. The van der Waals surface area contributed by atoms with Crippen molar-refractivity contribution in [3.8, 4) is 0 Å². The molecule has 0 aliphatic carbocycles. The summed E-state index contributed by atoms with van der Waals surface area (Å²) in [6, 6.07) is 4.06. The number of carbonyl (C=O) groups is 2. The van der Waals surface area contributed by atoms with Crippen molar-refractivity contribution in [2.45, 2.75) is 31.5 Å². The fraction of sp³-hybridized carbons (Fsp3) is 0.529. The first kappa shape index (κ1) is 21.8. The van der Waals surface area contributed by atoms with Crippen LogP contribution in [0.3, 0.4) is 0 Å². The molecule has 1 heterocycles. The van der Waals surface area contributed by atoms with Gasteiger partial charge in [-0.1, -0.05) is 29.6 Å². The lowest BCUT2D eigenvalue weighted by molar-refractivity contribution is -0.159. The Morgan fingerprint density at radius 2 is 1.96 bits per heavy atom. The maximum absolute atomic E-state index is 12.6. The second-order valence-electron chi connectivity index (χ2n) is 6.47. The van der Waals surface area contributed by atoms with Crippen molar-refractivity contribution >= 4 is 40.7 Å². The summed E-state index contributed by atoms with van der Waals surface area (Å²) in [5.41, 5.74) is 0.459. The van der Waals surface area contributed by atoms with Crippen LogP contribution in [0.5, 0.6) is 0 Å². The molecular formula is C17H20Cl2F3N3O2. The second-order valence-corrected chi connectivity index (χ2v) is 7.28. The van der Waals surface area contributed by atoms with Crippen LogP contribution in [0, 0.1) is 0 Å². The molecule has 1 aliphatic heterocycles. The minimum Gasteiger partial charge on any atom is -0.336 e. The molecule has 27 heavy (non-hydrogen) atoms. The van der Waals surface area contributed by atoms with Gasteiger partial charge >= 0.3 is 6.18 Å². The average Bonchev–Trinajstić information content (AvgIpc) is 2.57. The molecule has 150 valence electrons. The van der Waals surface area contributed by atoms with Crippen molar-refractivity contribution in [2.75, 3.05) is 32.0 Å². The van der Waals surface area contributed by atoms with Crippen LogP contribution in [0.4, 0.5) is 18.9 Å². The predicted octanol–water partition coefficient (Wildman–Crippen LogP) is 3.81. The van der Waals surface area contributed by atoms with Crippen LogP contribution in [0.1, 0.15) is 19.3 Å². The summed E-state index contributed by atoms with van der Waals surface area (Å²) in [6.07, 6.45) is -2.38. The number of hydrogen-bond donors (Lipinski definition) is 1. The molecule has 1 aromatic rings. The standard InChI is InChI=1S/C17H20Cl2F3N3O2/c1-24(10-17(20,21)22)15(26)9-25-7-3-2-4-14(25)16(27)23-11-5-6-12(18)13(19)8-11/h5-6,8,14H,2-4,7,9-10H2,1H3,(H,23,27). The molecule has 0 radical (unpaired) electrons. The number of anilines is 1. The summed E-state index contributed by atoms with van der Waals surface area (Å²) in [5.74, 6) is -1.01. The van der Waals surface area contributed by atoms with Crippen LogP contribution < -0.4 is 5.32 Å². The summed E-state index contributed by atoms with van der Waals surface area (Å²) < 4.78 is 37.4. The number of alkyl halides is 3. The first-order valence-corrected chi connectivity index (χ1v) is 9.13. The zero-order valence-electron chi connectivity index (χ0n) is 14.7. The van der Waals surface area contributed by atoms with Crippen molar-refractivity contribution in [1.29, 1.82) is 0 Å².